The predicted octanol–water partition coefficient (Wildman–Crippen LogP) is 4.35. The maximum Gasteiger partial charge on any atom is 0.252 e. The number of nitrogens with one attached hydrogen (secondary N) is 1. The zero-order chi connectivity index (χ0) is 16.9. The first-order chi connectivity index (χ1) is 11.6. The van der Waals surface area contributed by atoms with E-state index in [-0.39, 0.29) is 11.9 Å². The topological polar surface area (TPSA) is 51.5 Å². The van der Waals surface area contributed by atoms with E-state index in [2.05, 4.69) is 5.32 Å². The summed E-state index contributed by atoms with van der Waals surface area (Å²) in [5, 5.41) is 3.02. The number of amides is 1. The van der Waals surface area contributed by atoms with Crippen molar-refractivity contribution in [2.75, 3.05) is 12.4 Å². The van der Waals surface area contributed by atoms with E-state index in [1.54, 1.807) is 11.8 Å². The van der Waals surface area contributed by atoms with Crippen LogP contribution in [0.4, 0.5) is 0 Å². The first-order valence-corrected chi connectivity index (χ1v) is 9.32. The summed E-state index contributed by atoms with van der Waals surface area (Å²) in [5.41, 5.74) is 0.704. The minimum Gasteiger partial charge on any atom is -0.464 e. The van der Waals surface area contributed by atoms with Crippen LogP contribution in [0.1, 0.15) is 47.7 Å². The van der Waals surface area contributed by atoms with Crippen LogP contribution in [0.5, 0.6) is 0 Å². The predicted molar refractivity (Wildman–Crippen MR) is 95.5 cm³/mol. The normalized spacial score (nSPS) is 18.5. The lowest BCUT2D eigenvalue weighted by Crippen LogP contribution is -2.27. The fourth-order valence-corrected chi connectivity index (χ4v) is 3.89. The number of rotatable bonds is 6. The van der Waals surface area contributed by atoms with Gasteiger partial charge in [-0.2, -0.15) is 0 Å². The van der Waals surface area contributed by atoms with E-state index in [9.17, 15) is 4.79 Å². The average molecular weight is 345 g/mol. The van der Waals surface area contributed by atoms with Crippen LogP contribution in [0.3, 0.4) is 0 Å². The van der Waals surface area contributed by atoms with Crippen LogP contribution in [0.25, 0.3) is 0 Å². The van der Waals surface area contributed by atoms with Crippen LogP contribution in [-0.4, -0.2) is 24.4 Å². The number of hydrogen-bond acceptors (Lipinski definition) is 4. The number of ether oxygens (including phenoxy) is 1. The zero-order valence-electron chi connectivity index (χ0n) is 14.1. The Morgan fingerprint density at radius 2 is 2.17 bits per heavy atom. The third kappa shape index (κ3) is 4.22. The SMILES string of the molecule is Cc1ccc(C(C)NC(=O)c2ccccc2SCC2CCCO2)o1. The highest BCUT2D eigenvalue weighted by molar-refractivity contribution is 7.99. The molecule has 1 amide bonds. The second-order valence-corrected chi connectivity index (χ2v) is 7.15. The minimum atomic E-state index is -0.164. The monoisotopic (exact) mass is 345 g/mol. The third-order valence-corrected chi connectivity index (χ3v) is 5.32. The average Bonchev–Trinajstić information content (AvgIpc) is 3.24. The molecular formula is C19H23NO3S. The summed E-state index contributed by atoms with van der Waals surface area (Å²) < 4.78 is 11.3. The Labute approximate surface area is 147 Å². The highest BCUT2D eigenvalue weighted by Crippen LogP contribution is 2.27. The van der Waals surface area contributed by atoms with Crippen molar-refractivity contribution in [1.82, 2.24) is 5.32 Å². The Hall–Kier alpha value is -1.72. The van der Waals surface area contributed by atoms with Gasteiger partial charge in [0.1, 0.15) is 11.5 Å². The molecule has 24 heavy (non-hydrogen) atoms. The number of aryl methyl sites for hydroxylation is 1. The molecule has 1 aliphatic heterocycles. The van der Waals surface area contributed by atoms with Gasteiger partial charge >= 0.3 is 0 Å². The standard InChI is InChI=1S/C19H23NO3S/c1-13-9-10-17(23-13)14(2)20-19(21)16-7-3-4-8-18(16)24-12-15-6-5-11-22-15/h3-4,7-10,14-15H,5-6,11-12H2,1-2H3,(H,20,21). The molecule has 0 bridgehead atoms. The summed E-state index contributed by atoms with van der Waals surface area (Å²) in [6.07, 6.45) is 2.54. The molecule has 1 aliphatic rings. The molecule has 1 fully saturated rings. The van der Waals surface area contributed by atoms with E-state index in [4.69, 9.17) is 9.15 Å². The Balaban J connectivity index is 1.65. The van der Waals surface area contributed by atoms with Crippen molar-refractivity contribution in [2.45, 2.75) is 43.7 Å². The summed E-state index contributed by atoms with van der Waals surface area (Å²) in [5.74, 6) is 2.42. The van der Waals surface area contributed by atoms with E-state index < -0.39 is 0 Å². The molecule has 5 heteroatoms. The molecule has 4 nitrogen and oxygen atoms in total. The maximum atomic E-state index is 12.7. The molecule has 2 aromatic rings. The molecule has 0 radical (unpaired) electrons. The summed E-state index contributed by atoms with van der Waals surface area (Å²) in [4.78, 5) is 13.6. The van der Waals surface area contributed by atoms with Crippen molar-refractivity contribution in [1.29, 1.82) is 0 Å². The van der Waals surface area contributed by atoms with Gasteiger partial charge < -0.3 is 14.5 Å². The van der Waals surface area contributed by atoms with Gasteiger partial charge in [-0.25, -0.2) is 0 Å². The molecule has 128 valence electrons. The van der Waals surface area contributed by atoms with Gasteiger partial charge in [-0.1, -0.05) is 12.1 Å². The minimum absolute atomic E-state index is 0.0769. The van der Waals surface area contributed by atoms with Gasteiger partial charge in [0.05, 0.1) is 17.7 Å². The summed E-state index contributed by atoms with van der Waals surface area (Å²) in [6, 6.07) is 11.4. The lowest BCUT2D eigenvalue weighted by atomic mass is 10.2. The fraction of sp³-hybridized carbons (Fsp3) is 0.421. The Kier molecular flexibility index (Phi) is 5.63. The second-order valence-electron chi connectivity index (χ2n) is 6.09. The van der Waals surface area contributed by atoms with Gasteiger partial charge in [-0.05, 0) is 51.0 Å². The van der Waals surface area contributed by atoms with E-state index in [1.807, 2.05) is 50.2 Å². The third-order valence-electron chi connectivity index (χ3n) is 4.12. The smallest absolute Gasteiger partial charge is 0.252 e. The molecule has 3 rings (SSSR count). The molecule has 2 unspecified atom stereocenters. The summed E-state index contributed by atoms with van der Waals surface area (Å²) in [6.45, 7) is 4.68. The summed E-state index contributed by atoms with van der Waals surface area (Å²) in [7, 11) is 0. The van der Waals surface area contributed by atoms with E-state index in [1.165, 1.54) is 0 Å². The van der Waals surface area contributed by atoms with Crippen LogP contribution >= 0.6 is 11.8 Å². The molecule has 2 atom stereocenters. The molecule has 0 saturated carbocycles. The molecular weight excluding hydrogens is 322 g/mol. The lowest BCUT2D eigenvalue weighted by molar-refractivity contribution is 0.0932. The van der Waals surface area contributed by atoms with E-state index in [0.29, 0.717) is 11.7 Å². The maximum absolute atomic E-state index is 12.7. The van der Waals surface area contributed by atoms with Crippen molar-refractivity contribution >= 4 is 17.7 Å². The Morgan fingerprint density at radius 1 is 1.33 bits per heavy atom. The van der Waals surface area contributed by atoms with Crippen molar-refractivity contribution in [3.63, 3.8) is 0 Å². The van der Waals surface area contributed by atoms with E-state index in [0.717, 1.165) is 41.6 Å². The van der Waals surface area contributed by atoms with Gasteiger partial charge in [0, 0.05) is 17.3 Å². The van der Waals surface area contributed by atoms with Crippen molar-refractivity contribution in [2.24, 2.45) is 0 Å². The molecule has 2 heterocycles. The molecule has 1 N–H and O–H groups in total. The number of hydrogen-bond donors (Lipinski definition) is 1. The van der Waals surface area contributed by atoms with Crippen LogP contribution in [0, 0.1) is 6.92 Å². The number of benzene rings is 1. The van der Waals surface area contributed by atoms with Gasteiger partial charge in [0.15, 0.2) is 0 Å². The zero-order valence-corrected chi connectivity index (χ0v) is 14.9. The largest absolute Gasteiger partial charge is 0.464 e. The van der Waals surface area contributed by atoms with Crippen LogP contribution < -0.4 is 5.32 Å². The van der Waals surface area contributed by atoms with Crippen LogP contribution in [-0.2, 0) is 4.74 Å². The molecule has 1 saturated heterocycles. The lowest BCUT2D eigenvalue weighted by Gasteiger charge is -2.15. The number of thioether (sulfide) groups is 1. The highest BCUT2D eigenvalue weighted by atomic mass is 32.2. The molecule has 1 aromatic heterocycles. The molecule has 0 spiro atoms. The van der Waals surface area contributed by atoms with Gasteiger partial charge in [0.25, 0.3) is 5.91 Å². The molecule has 1 aromatic carbocycles. The van der Waals surface area contributed by atoms with Crippen LogP contribution in [0.2, 0.25) is 0 Å². The second kappa shape index (κ2) is 7.90. The first-order valence-electron chi connectivity index (χ1n) is 8.34. The number of carbonyl (C=O) groups excluding carboxylic acids is 1. The molecule has 0 aliphatic carbocycles. The summed E-state index contributed by atoms with van der Waals surface area (Å²) >= 11 is 1.69. The van der Waals surface area contributed by atoms with Gasteiger partial charge in [-0.3, -0.25) is 4.79 Å². The quantitative estimate of drug-likeness (QED) is 0.791. The van der Waals surface area contributed by atoms with Crippen molar-refractivity contribution in [3.8, 4) is 0 Å². The highest BCUT2D eigenvalue weighted by Gasteiger charge is 2.19. The van der Waals surface area contributed by atoms with Crippen molar-refractivity contribution in [3.05, 3.63) is 53.5 Å². The van der Waals surface area contributed by atoms with E-state index >= 15 is 0 Å². The number of carbonyl (C=O) groups is 1. The fourth-order valence-electron chi connectivity index (χ4n) is 2.77. The van der Waals surface area contributed by atoms with Crippen LogP contribution in [0.15, 0.2) is 45.7 Å². The Bertz CT molecular complexity index is 691. The first kappa shape index (κ1) is 17.1. The number of furan rings is 1. The van der Waals surface area contributed by atoms with Gasteiger partial charge in [0.2, 0.25) is 0 Å². The van der Waals surface area contributed by atoms with Crippen molar-refractivity contribution < 1.29 is 13.9 Å². The van der Waals surface area contributed by atoms with Gasteiger partial charge in [-0.15, -0.1) is 11.8 Å². The Morgan fingerprint density at radius 3 is 2.88 bits per heavy atom.